The standard InChI is InChI=1S/C26H35NO3/c1-26(2)17-23(12-14-30-26)22(15-20-7-4-3-5-8-20)9-6-13-27-18-21-10-11-24-25(16-21)29-19-28-24/h3-5,7-8,10-11,16,22-23,27H,6,9,12-15,17-19H2,1-2H3/t22-,23+/m1/s1. The number of rotatable bonds is 9. The Balaban J connectivity index is 1.28. The lowest BCUT2D eigenvalue weighted by Gasteiger charge is -2.39. The summed E-state index contributed by atoms with van der Waals surface area (Å²) in [5.41, 5.74) is 2.71. The van der Waals surface area contributed by atoms with Crippen LogP contribution in [0.4, 0.5) is 0 Å². The fraction of sp³-hybridized carbons (Fsp3) is 0.538. The van der Waals surface area contributed by atoms with E-state index in [2.05, 4.69) is 61.6 Å². The van der Waals surface area contributed by atoms with Crippen LogP contribution in [0.3, 0.4) is 0 Å². The van der Waals surface area contributed by atoms with Crippen molar-refractivity contribution in [1.29, 1.82) is 0 Å². The Hall–Kier alpha value is -2.04. The van der Waals surface area contributed by atoms with Gasteiger partial charge in [-0.1, -0.05) is 36.4 Å². The molecule has 2 atom stereocenters. The van der Waals surface area contributed by atoms with Crippen LogP contribution in [0, 0.1) is 11.8 Å². The summed E-state index contributed by atoms with van der Waals surface area (Å²) in [7, 11) is 0. The molecule has 2 aliphatic rings. The molecule has 4 heteroatoms. The molecule has 0 amide bonds. The molecular weight excluding hydrogens is 374 g/mol. The Bertz CT molecular complexity index is 805. The van der Waals surface area contributed by atoms with Gasteiger partial charge in [-0.3, -0.25) is 0 Å². The fourth-order valence-electron chi connectivity index (χ4n) is 4.88. The van der Waals surface area contributed by atoms with E-state index in [1.165, 1.54) is 36.8 Å². The Kier molecular flexibility index (Phi) is 6.96. The van der Waals surface area contributed by atoms with Crippen LogP contribution in [-0.2, 0) is 17.7 Å². The summed E-state index contributed by atoms with van der Waals surface area (Å²) in [6, 6.07) is 17.2. The van der Waals surface area contributed by atoms with E-state index >= 15 is 0 Å². The van der Waals surface area contributed by atoms with Crippen LogP contribution in [-0.4, -0.2) is 25.5 Å². The molecule has 0 bridgehead atoms. The molecular formula is C26H35NO3. The molecule has 2 aromatic rings. The maximum absolute atomic E-state index is 5.99. The molecule has 0 aromatic heterocycles. The molecule has 0 spiro atoms. The summed E-state index contributed by atoms with van der Waals surface area (Å²) < 4.78 is 16.9. The monoisotopic (exact) mass is 409 g/mol. The van der Waals surface area contributed by atoms with Crippen molar-refractivity contribution >= 4 is 0 Å². The van der Waals surface area contributed by atoms with Gasteiger partial charge in [0.2, 0.25) is 6.79 Å². The molecule has 0 aliphatic carbocycles. The molecule has 1 N–H and O–H groups in total. The van der Waals surface area contributed by atoms with E-state index in [0.29, 0.717) is 12.7 Å². The Labute approximate surface area is 180 Å². The molecule has 4 nitrogen and oxygen atoms in total. The number of benzene rings is 2. The van der Waals surface area contributed by atoms with Crippen molar-refractivity contribution < 1.29 is 14.2 Å². The van der Waals surface area contributed by atoms with Crippen molar-refractivity contribution in [2.45, 2.75) is 58.1 Å². The lowest BCUT2D eigenvalue weighted by molar-refractivity contribution is -0.0832. The Morgan fingerprint density at radius 1 is 1.03 bits per heavy atom. The fourth-order valence-corrected chi connectivity index (χ4v) is 4.88. The molecule has 2 heterocycles. The molecule has 1 fully saturated rings. The third-order valence-electron chi connectivity index (χ3n) is 6.44. The van der Waals surface area contributed by atoms with Crippen molar-refractivity contribution in [3.63, 3.8) is 0 Å². The first-order valence-corrected chi connectivity index (χ1v) is 11.4. The summed E-state index contributed by atoms with van der Waals surface area (Å²) in [4.78, 5) is 0. The quantitative estimate of drug-likeness (QED) is 0.567. The second-order valence-corrected chi connectivity index (χ2v) is 9.32. The lowest BCUT2D eigenvalue weighted by atomic mass is 9.75. The molecule has 2 aliphatic heterocycles. The first kappa shape index (κ1) is 21.2. The number of ether oxygens (including phenoxy) is 3. The van der Waals surface area contributed by atoms with E-state index in [4.69, 9.17) is 14.2 Å². The van der Waals surface area contributed by atoms with Gasteiger partial charge in [-0.05, 0) is 87.6 Å². The number of fused-ring (bicyclic) bond motifs is 1. The lowest BCUT2D eigenvalue weighted by Crippen LogP contribution is -2.37. The van der Waals surface area contributed by atoms with Gasteiger partial charge in [0.05, 0.1) is 5.60 Å². The third-order valence-corrected chi connectivity index (χ3v) is 6.44. The number of nitrogens with one attached hydrogen (secondary N) is 1. The van der Waals surface area contributed by atoms with Crippen LogP contribution >= 0.6 is 0 Å². The van der Waals surface area contributed by atoms with Gasteiger partial charge in [0.15, 0.2) is 11.5 Å². The van der Waals surface area contributed by atoms with Crippen LogP contribution in [0.5, 0.6) is 11.5 Å². The van der Waals surface area contributed by atoms with Gasteiger partial charge in [0, 0.05) is 13.2 Å². The molecule has 0 radical (unpaired) electrons. The highest BCUT2D eigenvalue weighted by Crippen LogP contribution is 2.37. The maximum atomic E-state index is 5.99. The Morgan fingerprint density at radius 2 is 1.87 bits per heavy atom. The van der Waals surface area contributed by atoms with Crippen molar-refractivity contribution in [2.75, 3.05) is 19.9 Å². The number of hydrogen-bond acceptors (Lipinski definition) is 4. The van der Waals surface area contributed by atoms with Crippen molar-refractivity contribution in [3.8, 4) is 11.5 Å². The van der Waals surface area contributed by atoms with Crippen LogP contribution in [0.2, 0.25) is 0 Å². The van der Waals surface area contributed by atoms with Crippen LogP contribution in [0.1, 0.15) is 50.7 Å². The summed E-state index contributed by atoms with van der Waals surface area (Å²) in [6.45, 7) is 7.61. The van der Waals surface area contributed by atoms with Crippen molar-refractivity contribution in [1.82, 2.24) is 5.32 Å². The van der Waals surface area contributed by atoms with Gasteiger partial charge in [-0.25, -0.2) is 0 Å². The molecule has 30 heavy (non-hydrogen) atoms. The SMILES string of the molecule is CC1(C)C[C@@H]([C@H](CCCNCc2ccc3c(c2)OCO3)Cc2ccccc2)CCO1. The van der Waals surface area contributed by atoms with Gasteiger partial charge >= 0.3 is 0 Å². The smallest absolute Gasteiger partial charge is 0.231 e. The zero-order valence-corrected chi connectivity index (χ0v) is 18.4. The highest BCUT2D eigenvalue weighted by molar-refractivity contribution is 5.44. The minimum Gasteiger partial charge on any atom is -0.454 e. The Morgan fingerprint density at radius 3 is 2.70 bits per heavy atom. The van der Waals surface area contributed by atoms with E-state index < -0.39 is 0 Å². The number of hydrogen-bond donors (Lipinski definition) is 1. The highest BCUT2D eigenvalue weighted by Gasteiger charge is 2.33. The van der Waals surface area contributed by atoms with Gasteiger partial charge in [0.25, 0.3) is 0 Å². The second-order valence-electron chi connectivity index (χ2n) is 9.32. The molecule has 2 aromatic carbocycles. The topological polar surface area (TPSA) is 39.7 Å². The molecule has 4 rings (SSSR count). The summed E-state index contributed by atoms with van der Waals surface area (Å²) in [5.74, 6) is 3.16. The molecule has 1 saturated heterocycles. The predicted octanol–water partition coefficient (Wildman–Crippen LogP) is 5.35. The largest absolute Gasteiger partial charge is 0.454 e. The predicted molar refractivity (Wildman–Crippen MR) is 120 cm³/mol. The van der Waals surface area contributed by atoms with Gasteiger partial charge in [-0.15, -0.1) is 0 Å². The highest BCUT2D eigenvalue weighted by atomic mass is 16.7. The average molecular weight is 410 g/mol. The normalized spacial score (nSPS) is 20.8. The zero-order valence-electron chi connectivity index (χ0n) is 18.4. The van der Waals surface area contributed by atoms with Gasteiger partial charge < -0.3 is 19.5 Å². The zero-order chi connectivity index (χ0) is 20.8. The minimum absolute atomic E-state index is 0.00938. The van der Waals surface area contributed by atoms with E-state index in [1.807, 2.05) is 6.07 Å². The van der Waals surface area contributed by atoms with E-state index in [0.717, 1.165) is 43.5 Å². The first-order valence-electron chi connectivity index (χ1n) is 11.4. The van der Waals surface area contributed by atoms with E-state index in [1.54, 1.807) is 0 Å². The molecule has 0 saturated carbocycles. The molecule has 0 unspecified atom stereocenters. The van der Waals surface area contributed by atoms with E-state index in [-0.39, 0.29) is 5.60 Å². The van der Waals surface area contributed by atoms with Crippen LogP contribution < -0.4 is 14.8 Å². The third kappa shape index (κ3) is 5.77. The minimum atomic E-state index is 0.00938. The van der Waals surface area contributed by atoms with Crippen LogP contribution in [0.15, 0.2) is 48.5 Å². The summed E-state index contributed by atoms with van der Waals surface area (Å²) in [6.07, 6.45) is 5.97. The van der Waals surface area contributed by atoms with Gasteiger partial charge in [-0.2, -0.15) is 0 Å². The maximum Gasteiger partial charge on any atom is 0.231 e. The van der Waals surface area contributed by atoms with Crippen molar-refractivity contribution in [2.24, 2.45) is 11.8 Å². The van der Waals surface area contributed by atoms with Gasteiger partial charge in [0.1, 0.15) is 0 Å². The average Bonchev–Trinajstić information content (AvgIpc) is 3.20. The van der Waals surface area contributed by atoms with E-state index in [9.17, 15) is 0 Å². The second kappa shape index (κ2) is 9.84. The molecule has 162 valence electrons. The first-order chi connectivity index (χ1) is 14.6. The summed E-state index contributed by atoms with van der Waals surface area (Å²) in [5, 5.41) is 3.61. The van der Waals surface area contributed by atoms with Crippen molar-refractivity contribution in [3.05, 3.63) is 59.7 Å². The summed E-state index contributed by atoms with van der Waals surface area (Å²) >= 11 is 0. The van der Waals surface area contributed by atoms with Crippen LogP contribution in [0.25, 0.3) is 0 Å².